The number of amides is 1. The first-order valence-corrected chi connectivity index (χ1v) is 9.00. The molecule has 0 saturated carbocycles. The highest BCUT2D eigenvalue weighted by molar-refractivity contribution is 6.46. The van der Waals surface area contributed by atoms with Crippen LogP contribution >= 0.6 is 0 Å². The van der Waals surface area contributed by atoms with E-state index in [0.29, 0.717) is 11.1 Å². The summed E-state index contributed by atoms with van der Waals surface area (Å²) in [5.74, 6) is -2.98. The van der Waals surface area contributed by atoms with E-state index in [1.165, 1.54) is 4.90 Å². The fourth-order valence-electron chi connectivity index (χ4n) is 3.35. The molecule has 0 spiro atoms. The summed E-state index contributed by atoms with van der Waals surface area (Å²) in [4.78, 5) is 37.4. The summed E-state index contributed by atoms with van der Waals surface area (Å²) in [6, 6.07) is 15.1. The lowest BCUT2D eigenvalue weighted by molar-refractivity contribution is -0.305. The number of Topliss-reactive ketones (excluding diaryl/α,β-unsaturated/α-hetero) is 1. The predicted octanol–water partition coefficient (Wildman–Crippen LogP) is 1.95. The van der Waals surface area contributed by atoms with Crippen LogP contribution in [0.15, 0.2) is 60.2 Å². The Hall–Kier alpha value is -3.41. The zero-order valence-electron chi connectivity index (χ0n) is 15.4. The third-order valence-corrected chi connectivity index (χ3v) is 4.76. The summed E-state index contributed by atoms with van der Waals surface area (Å²) in [7, 11) is 0. The first-order valence-electron chi connectivity index (χ1n) is 9.00. The summed E-state index contributed by atoms with van der Waals surface area (Å²) >= 11 is 0. The number of nitrogens with zero attached hydrogens (tertiary/aromatic N) is 1. The van der Waals surface area contributed by atoms with E-state index < -0.39 is 23.7 Å². The Morgan fingerprint density at radius 3 is 2.32 bits per heavy atom. The Balaban J connectivity index is 2.07. The number of carbonyl (C=O) groups is 3. The van der Waals surface area contributed by atoms with Crippen molar-refractivity contribution in [2.45, 2.75) is 25.8 Å². The molecule has 1 fully saturated rings. The van der Waals surface area contributed by atoms with Gasteiger partial charge in [0.05, 0.1) is 11.6 Å². The van der Waals surface area contributed by atoms with E-state index in [4.69, 9.17) is 0 Å². The van der Waals surface area contributed by atoms with Crippen LogP contribution in [0.2, 0.25) is 0 Å². The van der Waals surface area contributed by atoms with Gasteiger partial charge in [0.25, 0.3) is 11.7 Å². The van der Waals surface area contributed by atoms with Crippen LogP contribution in [0, 0.1) is 6.92 Å². The van der Waals surface area contributed by atoms with Gasteiger partial charge in [-0.25, -0.2) is 0 Å². The molecule has 0 bridgehead atoms. The highest BCUT2D eigenvalue weighted by Gasteiger charge is 2.45. The van der Waals surface area contributed by atoms with E-state index in [9.17, 15) is 24.6 Å². The molecule has 144 valence electrons. The van der Waals surface area contributed by atoms with Gasteiger partial charge in [-0.2, -0.15) is 0 Å². The molecule has 1 aliphatic rings. The summed E-state index contributed by atoms with van der Waals surface area (Å²) in [6.45, 7) is 1.98. The lowest BCUT2D eigenvalue weighted by atomic mass is 9.95. The average Bonchev–Trinajstić information content (AvgIpc) is 2.93. The van der Waals surface area contributed by atoms with Gasteiger partial charge in [-0.05, 0) is 25.3 Å². The lowest BCUT2D eigenvalue weighted by Crippen LogP contribution is -2.32. The van der Waals surface area contributed by atoms with Crippen LogP contribution in [0.5, 0.6) is 0 Å². The van der Waals surface area contributed by atoms with Crippen molar-refractivity contribution >= 4 is 23.4 Å². The molecule has 1 aliphatic heterocycles. The summed E-state index contributed by atoms with van der Waals surface area (Å²) < 4.78 is 0. The molecular weight excluding hydrogens is 358 g/mol. The number of carboxylic acid groups (broad SMARTS) is 1. The smallest absolute Gasteiger partial charge is 0.295 e. The third kappa shape index (κ3) is 3.81. The van der Waals surface area contributed by atoms with Crippen molar-refractivity contribution in [2.75, 3.05) is 6.54 Å². The SMILES string of the molecule is Cc1ccc(/C(O)=C2\C(=O)C(=O)N(CCCC(=O)[O-])[C@H]2c2ccccc2)cc1. The van der Waals surface area contributed by atoms with Gasteiger partial charge < -0.3 is 19.9 Å². The van der Waals surface area contributed by atoms with E-state index in [1.807, 2.05) is 25.1 Å². The summed E-state index contributed by atoms with van der Waals surface area (Å²) in [5, 5.41) is 21.6. The van der Waals surface area contributed by atoms with Crippen molar-refractivity contribution in [1.82, 2.24) is 4.90 Å². The second-order valence-electron chi connectivity index (χ2n) is 6.74. The number of likely N-dealkylation sites (tertiary alicyclic amines) is 1. The van der Waals surface area contributed by atoms with Gasteiger partial charge in [0.15, 0.2) is 0 Å². The van der Waals surface area contributed by atoms with Crippen molar-refractivity contribution in [3.63, 3.8) is 0 Å². The molecule has 3 rings (SSSR count). The molecule has 1 N–H and O–H groups in total. The minimum absolute atomic E-state index is 0.00787. The normalized spacial score (nSPS) is 18.5. The number of benzene rings is 2. The zero-order valence-corrected chi connectivity index (χ0v) is 15.4. The number of aliphatic carboxylic acids is 1. The molecule has 2 aromatic rings. The maximum absolute atomic E-state index is 12.7. The quantitative estimate of drug-likeness (QED) is 0.471. The van der Waals surface area contributed by atoms with E-state index in [-0.39, 0.29) is 30.7 Å². The molecule has 0 unspecified atom stereocenters. The van der Waals surface area contributed by atoms with Gasteiger partial charge in [-0.3, -0.25) is 9.59 Å². The minimum Gasteiger partial charge on any atom is -0.550 e. The molecular formula is C22H20NO5-. The molecule has 6 nitrogen and oxygen atoms in total. The fourth-order valence-corrected chi connectivity index (χ4v) is 3.35. The number of rotatable bonds is 6. The molecule has 2 aromatic carbocycles. The number of hydrogen-bond donors (Lipinski definition) is 1. The number of ketones is 1. The van der Waals surface area contributed by atoms with E-state index in [1.54, 1.807) is 36.4 Å². The second kappa shape index (κ2) is 8.08. The number of aliphatic hydroxyl groups is 1. The molecule has 1 saturated heterocycles. The maximum atomic E-state index is 12.7. The van der Waals surface area contributed by atoms with Crippen LogP contribution in [0.25, 0.3) is 5.76 Å². The van der Waals surface area contributed by atoms with Crippen molar-refractivity contribution < 1.29 is 24.6 Å². The maximum Gasteiger partial charge on any atom is 0.295 e. The molecule has 6 heteroatoms. The summed E-state index contributed by atoms with van der Waals surface area (Å²) in [5.41, 5.74) is 2.12. The third-order valence-electron chi connectivity index (χ3n) is 4.76. The van der Waals surface area contributed by atoms with Gasteiger partial charge in [0.1, 0.15) is 5.76 Å². The van der Waals surface area contributed by atoms with E-state index >= 15 is 0 Å². The zero-order chi connectivity index (χ0) is 20.3. The number of hydrogen-bond acceptors (Lipinski definition) is 5. The first kappa shape index (κ1) is 19.4. The van der Waals surface area contributed by atoms with Crippen LogP contribution in [0.3, 0.4) is 0 Å². The Bertz CT molecular complexity index is 931. The van der Waals surface area contributed by atoms with Crippen LogP contribution in [-0.2, 0) is 14.4 Å². The fraction of sp³-hybridized carbons (Fsp3) is 0.227. The van der Waals surface area contributed by atoms with Gasteiger partial charge in [-0.15, -0.1) is 0 Å². The molecule has 0 aromatic heterocycles. The van der Waals surface area contributed by atoms with E-state index in [0.717, 1.165) is 5.56 Å². The molecule has 1 atom stereocenters. The molecule has 28 heavy (non-hydrogen) atoms. The highest BCUT2D eigenvalue weighted by Crippen LogP contribution is 2.39. The second-order valence-corrected chi connectivity index (χ2v) is 6.74. The van der Waals surface area contributed by atoms with Gasteiger partial charge in [0, 0.05) is 18.1 Å². The average molecular weight is 378 g/mol. The number of aliphatic hydroxyl groups excluding tert-OH is 1. The summed E-state index contributed by atoms with van der Waals surface area (Å²) in [6.07, 6.45) is -0.0638. The monoisotopic (exact) mass is 378 g/mol. The molecule has 0 aliphatic carbocycles. The van der Waals surface area contributed by atoms with Crippen LogP contribution in [0.1, 0.15) is 35.6 Å². The van der Waals surface area contributed by atoms with Gasteiger partial charge in [0.2, 0.25) is 0 Å². The Kier molecular flexibility index (Phi) is 5.59. The Morgan fingerprint density at radius 2 is 1.71 bits per heavy atom. The van der Waals surface area contributed by atoms with E-state index in [2.05, 4.69) is 0 Å². The topological polar surface area (TPSA) is 97.7 Å². The standard InChI is InChI=1S/C22H21NO5/c1-14-9-11-16(12-10-14)20(26)18-19(15-6-3-2-4-7-15)23(22(28)21(18)27)13-5-8-17(24)25/h2-4,6-7,9-12,19,26H,5,8,13H2,1H3,(H,24,25)/p-1/b20-18+/t19-/m0/s1. The predicted molar refractivity (Wildman–Crippen MR) is 101 cm³/mol. The molecule has 1 heterocycles. The number of aryl methyl sites for hydroxylation is 1. The van der Waals surface area contributed by atoms with Crippen LogP contribution in [-0.4, -0.2) is 34.2 Å². The van der Waals surface area contributed by atoms with Crippen molar-refractivity contribution in [2.24, 2.45) is 0 Å². The number of carbonyl (C=O) groups excluding carboxylic acids is 3. The van der Waals surface area contributed by atoms with Crippen LogP contribution in [0.4, 0.5) is 0 Å². The number of carboxylic acids is 1. The Morgan fingerprint density at radius 1 is 1.07 bits per heavy atom. The molecule has 1 amide bonds. The van der Waals surface area contributed by atoms with Gasteiger partial charge in [-0.1, -0.05) is 60.2 Å². The minimum atomic E-state index is -1.22. The van der Waals surface area contributed by atoms with Crippen molar-refractivity contribution in [3.8, 4) is 0 Å². The van der Waals surface area contributed by atoms with Gasteiger partial charge >= 0.3 is 0 Å². The lowest BCUT2D eigenvalue weighted by Gasteiger charge is -2.25. The first-order chi connectivity index (χ1) is 13.4. The highest BCUT2D eigenvalue weighted by atomic mass is 16.4. The van der Waals surface area contributed by atoms with Crippen LogP contribution < -0.4 is 5.11 Å². The largest absolute Gasteiger partial charge is 0.550 e. The van der Waals surface area contributed by atoms with Crippen molar-refractivity contribution in [1.29, 1.82) is 0 Å². The Labute approximate surface area is 162 Å². The molecule has 0 radical (unpaired) electrons. The van der Waals surface area contributed by atoms with Crippen molar-refractivity contribution in [3.05, 3.63) is 76.9 Å².